The van der Waals surface area contributed by atoms with Crippen LogP contribution in [0.1, 0.15) is 98.0 Å². The van der Waals surface area contributed by atoms with Gasteiger partial charge < -0.3 is 58.5 Å². The van der Waals surface area contributed by atoms with Gasteiger partial charge in [-0.1, -0.05) is 43.7 Å². The number of amides is 1. The van der Waals surface area contributed by atoms with E-state index in [9.17, 15) is 39.3 Å². The third-order valence-corrected chi connectivity index (χ3v) is 14.0. The maximum absolute atomic E-state index is 16.0. The lowest BCUT2D eigenvalue weighted by atomic mass is 9.44. The van der Waals surface area contributed by atoms with Crippen LogP contribution in [0.4, 0.5) is 4.79 Å². The predicted molar refractivity (Wildman–Crippen MR) is 245 cm³/mol. The molecule has 1 amide bonds. The van der Waals surface area contributed by atoms with E-state index >= 15 is 4.79 Å². The van der Waals surface area contributed by atoms with Gasteiger partial charge in [-0.05, 0) is 95.5 Å². The van der Waals surface area contributed by atoms with Crippen molar-refractivity contribution in [1.82, 2.24) is 5.32 Å². The first-order chi connectivity index (χ1) is 32.1. The lowest BCUT2D eigenvalue weighted by molar-refractivity contribution is -0.346. The Morgan fingerprint density at radius 2 is 1.59 bits per heavy atom. The third kappa shape index (κ3) is 9.98. The average molecular weight is 964 g/mol. The van der Waals surface area contributed by atoms with Crippen LogP contribution in [0.3, 0.4) is 0 Å². The number of carbonyl (C=O) groups excluding carboxylic acids is 6. The Balaban J connectivity index is 1.57. The largest absolute Gasteiger partial charge is 0.497 e. The first kappa shape index (κ1) is 52.5. The molecular formula is C51H65NO17. The van der Waals surface area contributed by atoms with Crippen LogP contribution < -0.4 is 14.8 Å². The summed E-state index contributed by atoms with van der Waals surface area (Å²) < 4.78 is 46.9. The van der Waals surface area contributed by atoms with Crippen LogP contribution in [0.2, 0.25) is 0 Å². The SMILES string of the molecule is COc1ccc(CC(=O)O[C@H]2C(=O)[C@@]3(C)[C@H]([C@H](OC(=O)c4cccc(OC)c4)[C@]4(O)C[C@H](OC(=O)[C@H](O)[C@H](C=C(C)C)NC(=O)OC(C)(C)C)C(C)=C2C4(C)C)[C@]2(OC(C)=O)CO[C@@H]2C[C@@H]3O)cc1. The highest BCUT2D eigenvalue weighted by molar-refractivity contribution is 5.96. The van der Waals surface area contributed by atoms with Gasteiger partial charge in [0.15, 0.2) is 23.6 Å². The van der Waals surface area contributed by atoms with Gasteiger partial charge in [-0.15, -0.1) is 0 Å². The molecule has 1 saturated heterocycles. The van der Waals surface area contributed by atoms with Crippen molar-refractivity contribution in [3.63, 3.8) is 0 Å². The quantitative estimate of drug-likeness (QED) is 0.121. The number of allylic oxidation sites excluding steroid dienone is 1. The summed E-state index contributed by atoms with van der Waals surface area (Å²) >= 11 is 0. The molecule has 11 atom stereocenters. The van der Waals surface area contributed by atoms with Gasteiger partial charge in [-0.3, -0.25) is 14.4 Å². The number of aliphatic hydroxyl groups is 3. The number of aliphatic hydroxyl groups excluding tert-OH is 2. The molecule has 0 radical (unpaired) electrons. The van der Waals surface area contributed by atoms with Gasteiger partial charge in [0.25, 0.3) is 0 Å². The second-order valence-corrected chi connectivity index (χ2v) is 20.3. The minimum absolute atomic E-state index is 0.0351. The number of benzene rings is 2. The Hall–Kier alpha value is -5.82. The fourth-order valence-corrected chi connectivity index (χ4v) is 10.5. The molecule has 1 aliphatic heterocycles. The highest BCUT2D eigenvalue weighted by Crippen LogP contribution is 2.64. The molecule has 2 saturated carbocycles. The number of rotatable bonds is 13. The smallest absolute Gasteiger partial charge is 0.408 e. The third-order valence-electron chi connectivity index (χ3n) is 14.0. The topological polar surface area (TPSA) is 249 Å². The highest BCUT2D eigenvalue weighted by atomic mass is 16.6. The minimum Gasteiger partial charge on any atom is -0.497 e. The summed E-state index contributed by atoms with van der Waals surface area (Å²) in [5, 5.41) is 40.4. The fraction of sp³-hybridized carbons (Fsp3) is 0.569. The van der Waals surface area contributed by atoms with Crippen LogP contribution in [-0.2, 0) is 54.0 Å². The predicted octanol–water partition coefficient (Wildman–Crippen LogP) is 4.66. The molecule has 69 heavy (non-hydrogen) atoms. The number of methoxy groups -OCH3 is 2. The molecule has 0 aromatic heterocycles. The van der Waals surface area contributed by atoms with E-state index in [1.807, 2.05) is 0 Å². The first-order valence-electron chi connectivity index (χ1n) is 22.8. The van der Waals surface area contributed by atoms with Gasteiger partial charge in [-0.2, -0.15) is 0 Å². The molecular weight excluding hydrogens is 899 g/mol. The number of hydrogen-bond acceptors (Lipinski definition) is 17. The van der Waals surface area contributed by atoms with Gasteiger partial charge in [-0.25, -0.2) is 14.4 Å². The number of Topliss-reactive ketones (excluding diaryl/α,β-unsaturated/α-hetero) is 1. The van der Waals surface area contributed by atoms with Crippen LogP contribution in [0.25, 0.3) is 0 Å². The normalized spacial score (nSPS) is 29.9. The zero-order valence-corrected chi connectivity index (χ0v) is 41.2. The maximum Gasteiger partial charge on any atom is 0.408 e. The molecule has 4 N–H and O–H groups in total. The monoisotopic (exact) mass is 963 g/mol. The standard InChI is InChI=1S/C51H65NO17/c1-26(2)20-33(52-46(60)69-47(5,6)7)39(56)45(59)65-34-24-51(61)43(67-44(58)30-14-13-15-32(22-30)63-12)41-49(10,35(54)23-36-50(41,25-64-36)68-28(4)53)42(57)40(38(27(34)3)48(51,8)9)66-37(55)21-29-16-18-31(62-11)19-17-29/h13-20,22,33-36,39-41,43,54,56,61H,21,23-25H2,1-12H3,(H,52,60)/t33-,34-,35-,36+,39+,40+,41-,43-,49+,50-,51+/m0/s1. The Morgan fingerprint density at radius 1 is 0.942 bits per heavy atom. The number of alkyl carbamates (subject to hydrolysis) is 1. The molecule has 0 unspecified atom stereocenters. The van der Waals surface area contributed by atoms with E-state index < -0.39 is 118 Å². The first-order valence-corrected chi connectivity index (χ1v) is 22.8. The van der Waals surface area contributed by atoms with Crippen LogP contribution >= 0.6 is 0 Å². The zero-order chi connectivity index (χ0) is 51.2. The van der Waals surface area contributed by atoms with Gasteiger partial charge in [0.05, 0.1) is 56.3 Å². The Bertz CT molecular complexity index is 2400. The zero-order valence-electron chi connectivity index (χ0n) is 41.2. The molecule has 0 spiro atoms. The van der Waals surface area contributed by atoms with E-state index in [0.29, 0.717) is 16.9 Å². The van der Waals surface area contributed by atoms with Crippen molar-refractivity contribution in [2.24, 2.45) is 16.7 Å². The van der Waals surface area contributed by atoms with E-state index in [4.69, 9.17) is 37.9 Å². The van der Waals surface area contributed by atoms with E-state index in [0.717, 1.165) is 6.92 Å². The van der Waals surface area contributed by atoms with Gasteiger partial charge >= 0.3 is 30.0 Å². The van der Waals surface area contributed by atoms with Crippen molar-refractivity contribution in [2.75, 3.05) is 20.8 Å². The van der Waals surface area contributed by atoms with Crippen molar-refractivity contribution in [3.05, 3.63) is 82.5 Å². The van der Waals surface area contributed by atoms with Gasteiger partial charge in [0, 0.05) is 25.2 Å². The molecule has 2 aromatic rings. The molecule has 18 nitrogen and oxygen atoms in total. The van der Waals surface area contributed by atoms with E-state index in [1.165, 1.54) is 52.3 Å². The van der Waals surface area contributed by atoms with Crippen molar-refractivity contribution in [1.29, 1.82) is 0 Å². The molecule has 18 heteroatoms. The van der Waals surface area contributed by atoms with E-state index in [2.05, 4.69) is 5.32 Å². The number of esters is 4. The van der Waals surface area contributed by atoms with Gasteiger partial charge in [0.2, 0.25) is 0 Å². The summed E-state index contributed by atoms with van der Waals surface area (Å²) in [7, 11) is 2.89. The summed E-state index contributed by atoms with van der Waals surface area (Å²) in [6, 6.07) is 11.1. The number of ketones is 1. The Labute approximate surface area is 401 Å². The van der Waals surface area contributed by atoms with Crippen LogP contribution in [-0.4, -0.2) is 131 Å². The molecule has 3 aliphatic carbocycles. The lowest BCUT2D eigenvalue weighted by Gasteiger charge is -2.67. The van der Waals surface area contributed by atoms with Crippen molar-refractivity contribution in [3.8, 4) is 11.5 Å². The summed E-state index contributed by atoms with van der Waals surface area (Å²) in [5.41, 5.74) is -8.00. The minimum atomic E-state index is -2.47. The Kier molecular flexibility index (Phi) is 14.9. The number of fused-ring (bicyclic) bond motifs is 5. The number of hydrogen-bond donors (Lipinski definition) is 4. The molecule has 2 aromatic carbocycles. The molecule has 376 valence electrons. The number of carbonyl (C=O) groups is 6. The van der Waals surface area contributed by atoms with Crippen LogP contribution in [0, 0.1) is 16.7 Å². The molecule has 1 heterocycles. The fourth-order valence-electron chi connectivity index (χ4n) is 10.5. The molecule has 2 bridgehead atoms. The summed E-state index contributed by atoms with van der Waals surface area (Å²) in [6.45, 7) is 15.1. The molecule has 6 rings (SSSR count). The lowest BCUT2D eigenvalue weighted by Crippen LogP contribution is -2.82. The Morgan fingerprint density at radius 3 is 2.16 bits per heavy atom. The van der Waals surface area contributed by atoms with E-state index in [1.54, 1.807) is 78.8 Å². The van der Waals surface area contributed by atoms with Crippen molar-refractivity contribution >= 4 is 35.8 Å². The van der Waals surface area contributed by atoms with Crippen LogP contribution in [0.5, 0.6) is 11.5 Å². The molecule has 3 fully saturated rings. The van der Waals surface area contributed by atoms with Crippen molar-refractivity contribution < 1.29 is 82.0 Å². The number of ether oxygens (including phenoxy) is 8. The number of nitrogens with one attached hydrogen (secondary N) is 1. The van der Waals surface area contributed by atoms with Crippen molar-refractivity contribution in [2.45, 2.75) is 148 Å². The second-order valence-electron chi connectivity index (χ2n) is 20.3. The van der Waals surface area contributed by atoms with Crippen LogP contribution in [0.15, 0.2) is 71.3 Å². The maximum atomic E-state index is 16.0. The van der Waals surface area contributed by atoms with E-state index in [-0.39, 0.29) is 41.9 Å². The second kappa shape index (κ2) is 19.5. The average Bonchev–Trinajstić information content (AvgIpc) is 3.26. The summed E-state index contributed by atoms with van der Waals surface area (Å²) in [4.78, 5) is 85.3. The summed E-state index contributed by atoms with van der Waals surface area (Å²) in [6.07, 6.45) is -10.9. The van der Waals surface area contributed by atoms with Gasteiger partial charge in [0.1, 0.15) is 41.0 Å². The highest BCUT2D eigenvalue weighted by Gasteiger charge is 2.78. The molecule has 4 aliphatic rings. The summed E-state index contributed by atoms with van der Waals surface area (Å²) in [5.74, 6) is -5.71.